The molecule has 0 amide bonds. The monoisotopic (exact) mass is 229 g/mol. The van der Waals surface area contributed by atoms with E-state index in [1.807, 2.05) is 0 Å². The van der Waals surface area contributed by atoms with E-state index in [-0.39, 0.29) is 0 Å². The van der Waals surface area contributed by atoms with Crippen LogP contribution >= 0.6 is 11.5 Å². The molecule has 1 aliphatic rings. The average molecular weight is 229 g/mol. The summed E-state index contributed by atoms with van der Waals surface area (Å²) in [6.45, 7) is 1.85. The number of nitrogens with two attached hydrogens (primary N) is 1. The lowest BCUT2D eigenvalue weighted by Crippen LogP contribution is -2.21. The number of methoxy groups -OCH3 is 2. The molecule has 15 heavy (non-hydrogen) atoms. The third kappa shape index (κ3) is 1.87. The molecule has 1 fully saturated rings. The smallest absolute Gasteiger partial charge is 0.197 e. The fourth-order valence-electron chi connectivity index (χ4n) is 1.78. The summed E-state index contributed by atoms with van der Waals surface area (Å²) < 4.78 is 14.6. The van der Waals surface area contributed by atoms with Gasteiger partial charge in [-0.15, -0.1) is 0 Å². The van der Waals surface area contributed by atoms with Gasteiger partial charge in [0.15, 0.2) is 16.6 Å². The second-order valence-electron chi connectivity index (χ2n) is 3.50. The molecule has 1 aliphatic heterocycles. The Morgan fingerprint density at radius 3 is 2.93 bits per heavy atom. The molecule has 1 atom stereocenters. The first-order chi connectivity index (χ1) is 7.26. The number of nitrogen functional groups attached to an aromatic ring is 1. The molecule has 2 N–H and O–H groups in total. The molecule has 0 saturated carbocycles. The van der Waals surface area contributed by atoms with Crippen molar-refractivity contribution in [2.75, 3.05) is 37.9 Å². The molecule has 2 heterocycles. The van der Waals surface area contributed by atoms with Crippen LogP contribution in [0.1, 0.15) is 6.42 Å². The van der Waals surface area contributed by atoms with Crippen molar-refractivity contribution in [3.8, 4) is 5.75 Å². The number of hydrogen-bond acceptors (Lipinski definition) is 6. The maximum Gasteiger partial charge on any atom is 0.197 e. The van der Waals surface area contributed by atoms with Crippen LogP contribution in [-0.4, -0.2) is 37.8 Å². The van der Waals surface area contributed by atoms with Crippen LogP contribution in [0.25, 0.3) is 0 Å². The molecule has 0 spiro atoms. The highest BCUT2D eigenvalue weighted by Gasteiger charge is 2.27. The van der Waals surface area contributed by atoms with Gasteiger partial charge in [0, 0.05) is 20.2 Å². The summed E-state index contributed by atoms with van der Waals surface area (Å²) in [7, 11) is 3.36. The Kier molecular flexibility index (Phi) is 2.97. The van der Waals surface area contributed by atoms with Crippen LogP contribution in [0.5, 0.6) is 5.75 Å². The maximum absolute atomic E-state index is 5.70. The van der Waals surface area contributed by atoms with E-state index < -0.39 is 0 Å². The zero-order valence-corrected chi connectivity index (χ0v) is 9.71. The predicted molar refractivity (Wildman–Crippen MR) is 60.7 cm³/mol. The van der Waals surface area contributed by atoms with Crippen LogP contribution in [0.2, 0.25) is 0 Å². The summed E-state index contributed by atoms with van der Waals surface area (Å²) in [5.74, 6) is 1.16. The third-order valence-corrected chi connectivity index (χ3v) is 3.53. The summed E-state index contributed by atoms with van der Waals surface area (Å²) in [5, 5.41) is 1.01. The maximum atomic E-state index is 5.70. The minimum Gasteiger partial charge on any atom is -0.490 e. The van der Waals surface area contributed by atoms with Gasteiger partial charge >= 0.3 is 0 Å². The largest absolute Gasteiger partial charge is 0.490 e. The van der Waals surface area contributed by atoms with E-state index in [4.69, 9.17) is 15.2 Å². The number of hydrogen-bond donors (Lipinski definition) is 1. The Balaban J connectivity index is 2.16. The quantitative estimate of drug-likeness (QED) is 0.836. The van der Waals surface area contributed by atoms with Gasteiger partial charge in [-0.3, -0.25) is 0 Å². The minimum atomic E-state index is 0.304. The number of rotatable bonds is 3. The zero-order valence-electron chi connectivity index (χ0n) is 8.90. The van der Waals surface area contributed by atoms with Crippen LogP contribution < -0.4 is 15.4 Å². The van der Waals surface area contributed by atoms with Crippen molar-refractivity contribution < 1.29 is 9.47 Å². The van der Waals surface area contributed by atoms with Gasteiger partial charge in [0.05, 0.1) is 13.2 Å². The standard InChI is InChI=1S/C9H15N3O2S/c1-13-6-3-4-12(5-6)9-7(14-2)8(10)11-15-9/h6H,3-5H2,1-2H3,(H2,10,11). The topological polar surface area (TPSA) is 60.6 Å². The van der Waals surface area contributed by atoms with Crippen LogP contribution in [0.3, 0.4) is 0 Å². The van der Waals surface area contributed by atoms with E-state index in [0.717, 1.165) is 24.5 Å². The van der Waals surface area contributed by atoms with Crippen molar-refractivity contribution >= 4 is 22.4 Å². The molecule has 84 valence electrons. The van der Waals surface area contributed by atoms with Crippen LogP contribution in [0.15, 0.2) is 0 Å². The molecule has 2 rings (SSSR count). The fraction of sp³-hybridized carbons (Fsp3) is 0.667. The summed E-state index contributed by atoms with van der Waals surface area (Å²) in [5.41, 5.74) is 5.70. The first-order valence-corrected chi connectivity index (χ1v) is 5.60. The van der Waals surface area contributed by atoms with E-state index in [1.165, 1.54) is 11.5 Å². The Bertz CT molecular complexity index is 342. The fourth-order valence-corrected chi connectivity index (χ4v) is 2.60. The van der Waals surface area contributed by atoms with E-state index in [0.29, 0.717) is 17.7 Å². The number of nitrogens with zero attached hydrogens (tertiary/aromatic N) is 2. The van der Waals surface area contributed by atoms with Gasteiger partial charge < -0.3 is 20.1 Å². The molecule has 1 aromatic heterocycles. The van der Waals surface area contributed by atoms with Crippen LogP contribution in [0.4, 0.5) is 10.8 Å². The Morgan fingerprint density at radius 2 is 2.33 bits per heavy atom. The normalized spacial score (nSPS) is 20.9. The van der Waals surface area contributed by atoms with Gasteiger partial charge in [0.25, 0.3) is 0 Å². The average Bonchev–Trinajstić information content (AvgIpc) is 2.83. The van der Waals surface area contributed by atoms with Gasteiger partial charge in [-0.05, 0) is 18.0 Å². The molecular formula is C9H15N3O2S. The summed E-state index contributed by atoms with van der Waals surface area (Å²) in [6.07, 6.45) is 1.34. The first kappa shape index (κ1) is 10.5. The predicted octanol–water partition coefficient (Wildman–Crippen LogP) is 0.959. The molecule has 0 radical (unpaired) electrons. The van der Waals surface area contributed by atoms with E-state index in [1.54, 1.807) is 14.2 Å². The number of anilines is 2. The summed E-state index contributed by atoms with van der Waals surface area (Å²) in [4.78, 5) is 2.21. The molecule has 1 aromatic rings. The first-order valence-electron chi connectivity index (χ1n) is 4.83. The highest BCUT2D eigenvalue weighted by Crippen LogP contribution is 2.39. The van der Waals surface area contributed by atoms with Crippen molar-refractivity contribution in [1.82, 2.24) is 4.37 Å². The Hall–Kier alpha value is -1.01. The number of aromatic nitrogens is 1. The van der Waals surface area contributed by atoms with Crippen LogP contribution in [0, 0.1) is 0 Å². The van der Waals surface area contributed by atoms with Gasteiger partial charge in [0.2, 0.25) is 0 Å². The SMILES string of the molecule is COc1c(N)nsc1N1CCC(OC)C1. The lowest BCUT2D eigenvalue weighted by Gasteiger charge is -2.16. The van der Waals surface area contributed by atoms with Crippen molar-refractivity contribution in [3.63, 3.8) is 0 Å². The van der Waals surface area contributed by atoms with Gasteiger partial charge in [-0.1, -0.05) is 0 Å². The third-order valence-electron chi connectivity index (χ3n) is 2.63. The van der Waals surface area contributed by atoms with Crippen molar-refractivity contribution in [2.24, 2.45) is 0 Å². The van der Waals surface area contributed by atoms with Crippen molar-refractivity contribution in [3.05, 3.63) is 0 Å². The molecular weight excluding hydrogens is 214 g/mol. The molecule has 0 aromatic carbocycles. The lowest BCUT2D eigenvalue weighted by atomic mass is 10.3. The zero-order chi connectivity index (χ0) is 10.8. The number of ether oxygens (including phenoxy) is 2. The van der Waals surface area contributed by atoms with E-state index in [2.05, 4.69) is 9.27 Å². The van der Waals surface area contributed by atoms with Gasteiger partial charge in [0.1, 0.15) is 0 Å². The summed E-state index contributed by atoms with van der Waals surface area (Å²) >= 11 is 1.38. The minimum absolute atomic E-state index is 0.304. The van der Waals surface area contributed by atoms with Crippen LogP contribution in [-0.2, 0) is 4.74 Å². The highest BCUT2D eigenvalue weighted by molar-refractivity contribution is 7.11. The van der Waals surface area contributed by atoms with Crippen molar-refractivity contribution in [2.45, 2.75) is 12.5 Å². The Labute approximate surface area is 92.9 Å². The van der Waals surface area contributed by atoms with Crippen molar-refractivity contribution in [1.29, 1.82) is 0 Å². The van der Waals surface area contributed by atoms with Gasteiger partial charge in [-0.2, -0.15) is 4.37 Å². The van der Waals surface area contributed by atoms with E-state index in [9.17, 15) is 0 Å². The second-order valence-corrected chi connectivity index (χ2v) is 4.25. The highest BCUT2D eigenvalue weighted by atomic mass is 32.1. The molecule has 0 bridgehead atoms. The summed E-state index contributed by atoms with van der Waals surface area (Å²) in [6, 6.07) is 0. The molecule has 1 unspecified atom stereocenters. The Morgan fingerprint density at radius 1 is 1.53 bits per heavy atom. The van der Waals surface area contributed by atoms with E-state index >= 15 is 0 Å². The van der Waals surface area contributed by atoms with Gasteiger partial charge in [-0.25, -0.2) is 0 Å². The molecule has 1 saturated heterocycles. The lowest BCUT2D eigenvalue weighted by molar-refractivity contribution is 0.121. The molecule has 5 nitrogen and oxygen atoms in total. The second kappa shape index (κ2) is 4.24. The molecule has 6 heteroatoms. The molecule has 0 aliphatic carbocycles.